The highest BCUT2D eigenvalue weighted by molar-refractivity contribution is 7.89. The van der Waals surface area contributed by atoms with E-state index in [4.69, 9.17) is 5.73 Å². The first-order chi connectivity index (χ1) is 12.3. The maximum atomic E-state index is 12.3. The van der Waals surface area contributed by atoms with Crippen LogP contribution in [0.4, 0.5) is 0 Å². The Hall–Kier alpha value is -1.44. The summed E-state index contributed by atoms with van der Waals surface area (Å²) in [6, 6.07) is 7.11. The molecule has 0 aromatic heterocycles. The van der Waals surface area contributed by atoms with E-state index in [1.807, 2.05) is 6.92 Å². The van der Waals surface area contributed by atoms with Crippen LogP contribution < -0.4 is 15.8 Å². The van der Waals surface area contributed by atoms with Gasteiger partial charge in [0.25, 0.3) is 0 Å². The van der Waals surface area contributed by atoms with Gasteiger partial charge in [0.05, 0.1) is 4.90 Å². The molecule has 26 heavy (non-hydrogen) atoms. The molecular weight excluding hydrogens is 350 g/mol. The molecule has 6 nitrogen and oxygen atoms in total. The molecule has 0 saturated heterocycles. The number of carbonyl (C=O) groups is 1. The van der Waals surface area contributed by atoms with Crippen molar-refractivity contribution >= 4 is 15.9 Å². The van der Waals surface area contributed by atoms with Crippen LogP contribution in [-0.2, 0) is 14.8 Å². The Morgan fingerprint density at radius 3 is 2.38 bits per heavy atom. The predicted octanol–water partition coefficient (Wildman–Crippen LogP) is 1.69. The van der Waals surface area contributed by atoms with E-state index in [0.29, 0.717) is 11.8 Å². The second kappa shape index (κ2) is 8.06. The number of fused-ring (bicyclic) bond motifs is 2. The first-order valence-electron chi connectivity index (χ1n) is 9.46. The van der Waals surface area contributed by atoms with Crippen LogP contribution in [0.15, 0.2) is 29.2 Å². The molecule has 2 atom stereocenters. The van der Waals surface area contributed by atoms with Crippen LogP contribution in [-0.4, -0.2) is 33.0 Å². The zero-order valence-electron chi connectivity index (χ0n) is 15.3. The lowest BCUT2D eigenvalue weighted by atomic mass is 9.67. The van der Waals surface area contributed by atoms with Crippen LogP contribution in [0.2, 0.25) is 0 Å². The molecule has 7 heteroatoms. The largest absolute Gasteiger partial charge is 0.353 e. The average Bonchev–Trinajstić information content (AvgIpc) is 2.56. The minimum absolute atomic E-state index is 0.0889. The minimum atomic E-state index is -3.57. The summed E-state index contributed by atoms with van der Waals surface area (Å²) in [6.45, 7) is 2.01. The van der Waals surface area contributed by atoms with Gasteiger partial charge in [0.2, 0.25) is 15.9 Å². The highest BCUT2D eigenvalue weighted by Gasteiger charge is 2.39. The Morgan fingerprint density at radius 1 is 1.15 bits per heavy atom. The van der Waals surface area contributed by atoms with Crippen LogP contribution in [0.25, 0.3) is 0 Å². The molecule has 1 aromatic rings. The van der Waals surface area contributed by atoms with Crippen LogP contribution in [0.5, 0.6) is 0 Å². The first-order valence-corrected chi connectivity index (χ1v) is 10.9. The van der Waals surface area contributed by atoms with E-state index in [2.05, 4.69) is 10.0 Å². The number of benzene rings is 1. The zero-order chi connectivity index (χ0) is 18.7. The third kappa shape index (κ3) is 4.64. The fourth-order valence-electron chi connectivity index (χ4n) is 4.38. The summed E-state index contributed by atoms with van der Waals surface area (Å²) in [7, 11) is -3.57. The SMILES string of the molecule is Cc1ccc(S(=O)(=O)NCCC(=O)NC2C3CCCC2CC(N)C3)cc1. The topological polar surface area (TPSA) is 101 Å². The van der Waals surface area contributed by atoms with E-state index in [9.17, 15) is 13.2 Å². The highest BCUT2D eigenvalue weighted by atomic mass is 32.2. The van der Waals surface area contributed by atoms with E-state index in [-0.39, 0.29) is 35.9 Å². The van der Waals surface area contributed by atoms with Gasteiger partial charge in [-0.15, -0.1) is 0 Å². The molecule has 2 unspecified atom stereocenters. The summed E-state index contributed by atoms with van der Waals surface area (Å²) in [4.78, 5) is 12.5. The van der Waals surface area contributed by atoms with Gasteiger partial charge in [0.1, 0.15) is 0 Å². The molecule has 2 saturated carbocycles. The fraction of sp³-hybridized carbons (Fsp3) is 0.632. The van der Waals surface area contributed by atoms with E-state index >= 15 is 0 Å². The molecule has 144 valence electrons. The van der Waals surface area contributed by atoms with Gasteiger partial charge in [-0.25, -0.2) is 13.1 Å². The van der Waals surface area contributed by atoms with Crippen molar-refractivity contribution in [2.75, 3.05) is 6.54 Å². The Morgan fingerprint density at radius 2 is 1.77 bits per heavy atom. The Bertz CT molecular complexity index is 719. The third-order valence-electron chi connectivity index (χ3n) is 5.68. The molecule has 1 amide bonds. The lowest BCUT2D eigenvalue weighted by Crippen LogP contribution is -2.54. The van der Waals surface area contributed by atoms with E-state index in [1.165, 1.54) is 6.42 Å². The maximum Gasteiger partial charge on any atom is 0.240 e. The summed E-state index contributed by atoms with van der Waals surface area (Å²) < 4.78 is 27.0. The average molecular weight is 380 g/mol. The van der Waals surface area contributed by atoms with Gasteiger partial charge in [-0.2, -0.15) is 0 Å². The fourth-order valence-corrected chi connectivity index (χ4v) is 5.41. The molecule has 2 aliphatic rings. The zero-order valence-corrected chi connectivity index (χ0v) is 16.1. The van der Waals surface area contributed by atoms with Crippen molar-refractivity contribution < 1.29 is 13.2 Å². The molecule has 2 aliphatic carbocycles. The standard InChI is InChI=1S/C19H29N3O3S/c1-13-5-7-17(8-6-13)26(24,25)21-10-9-18(23)22-19-14-3-2-4-15(19)12-16(20)11-14/h5-8,14-16,19,21H,2-4,9-12,20H2,1H3,(H,22,23). The number of hydrogen-bond acceptors (Lipinski definition) is 4. The normalized spacial score (nSPS) is 28.5. The van der Waals surface area contributed by atoms with Crippen LogP contribution in [0, 0.1) is 18.8 Å². The first kappa shape index (κ1) is 19.3. The van der Waals surface area contributed by atoms with Crippen molar-refractivity contribution in [3.63, 3.8) is 0 Å². The van der Waals surface area contributed by atoms with E-state index in [1.54, 1.807) is 24.3 Å². The van der Waals surface area contributed by atoms with E-state index in [0.717, 1.165) is 31.2 Å². The second-order valence-corrected chi connectivity index (χ2v) is 9.50. The molecule has 0 aliphatic heterocycles. The Kier molecular flexibility index (Phi) is 5.99. The molecule has 1 aromatic carbocycles. The molecule has 2 bridgehead atoms. The summed E-state index contributed by atoms with van der Waals surface area (Å²) in [5.74, 6) is 0.838. The number of nitrogens with one attached hydrogen (secondary N) is 2. The number of carbonyl (C=O) groups excluding carboxylic acids is 1. The van der Waals surface area contributed by atoms with Crippen LogP contribution in [0.1, 0.15) is 44.1 Å². The number of aryl methyl sites for hydroxylation is 1. The summed E-state index contributed by atoms with van der Waals surface area (Å²) in [6.07, 6.45) is 5.55. The predicted molar refractivity (Wildman–Crippen MR) is 101 cm³/mol. The van der Waals surface area contributed by atoms with E-state index < -0.39 is 10.0 Å². The van der Waals surface area contributed by atoms with Crippen molar-refractivity contribution in [3.8, 4) is 0 Å². The lowest BCUT2D eigenvalue weighted by Gasteiger charge is -2.45. The number of amides is 1. The molecule has 0 heterocycles. The maximum absolute atomic E-state index is 12.3. The van der Waals surface area contributed by atoms with Gasteiger partial charge in [-0.1, -0.05) is 24.1 Å². The molecular formula is C19H29N3O3S. The quantitative estimate of drug-likeness (QED) is 0.700. The summed E-state index contributed by atoms with van der Waals surface area (Å²) >= 11 is 0. The molecule has 4 N–H and O–H groups in total. The molecule has 0 radical (unpaired) electrons. The van der Waals surface area contributed by atoms with Gasteiger partial charge in [0, 0.05) is 25.0 Å². The minimum Gasteiger partial charge on any atom is -0.353 e. The number of sulfonamides is 1. The van der Waals surface area contributed by atoms with Gasteiger partial charge >= 0.3 is 0 Å². The van der Waals surface area contributed by atoms with Crippen molar-refractivity contribution in [1.29, 1.82) is 0 Å². The smallest absolute Gasteiger partial charge is 0.240 e. The number of rotatable bonds is 6. The Labute approximate surface area is 156 Å². The Balaban J connectivity index is 1.49. The highest BCUT2D eigenvalue weighted by Crippen LogP contribution is 2.39. The summed E-state index contributed by atoms with van der Waals surface area (Å²) in [5, 5.41) is 3.15. The van der Waals surface area contributed by atoms with Crippen molar-refractivity contribution in [1.82, 2.24) is 10.0 Å². The van der Waals surface area contributed by atoms with Crippen LogP contribution >= 0.6 is 0 Å². The lowest BCUT2D eigenvalue weighted by molar-refractivity contribution is -0.123. The van der Waals surface area contributed by atoms with Crippen LogP contribution in [0.3, 0.4) is 0 Å². The van der Waals surface area contributed by atoms with Gasteiger partial charge in [0.15, 0.2) is 0 Å². The number of nitrogens with two attached hydrogens (primary N) is 1. The van der Waals surface area contributed by atoms with Gasteiger partial charge in [-0.05, 0) is 56.6 Å². The number of hydrogen-bond donors (Lipinski definition) is 3. The monoisotopic (exact) mass is 379 g/mol. The molecule has 0 spiro atoms. The van der Waals surface area contributed by atoms with Crippen molar-refractivity contribution in [2.24, 2.45) is 17.6 Å². The van der Waals surface area contributed by atoms with Crippen molar-refractivity contribution in [2.45, 2.75) is 62.4 Å². The summed E-state index contributed by atoms with van der Waals surface area (Å²) in [5.41, 5.74) is 7.12. The van der Waals surface area contributed by atoms with Gasteiger partial charge < -0.3 is 11.1 Å². The van der Waals surface area contributed by atoms with Gasteiger partial charge in [-0.3, -0.25) is 4.79 Å². The molecule has 3 rings (SSSR count). The van der Waals surface area contributed by atoms with Crippen molar-refractivity contribution in [3.05, 3.63) is 29.8 Å². The third-order valence-corrected chi connectivity index (χ3v) is 7.16. The second-order valence-electron chi connectivity index (χ2n) is 7.74. The molecule has 2 fully saturated rings.